The van der Waals surface area contributed by atoms with Crippen LogP contribution in [0.25, 0.3) is 0 Å². The van der Waals surface area contributed by atoms with Gasteiger partial charge in [-0.15, -0.1) is 0 Å². The summed E-state index contributed by atoms with van der Waals surface area (Å²) >= 11 is 0. The smallest absolute Gasteiger partial charge is 1.00 e. The van der Waals surface area contributed by atoms with Gasteiger partial charge in [0.1, 0.15) is 0 Å². The minimum absolute atomic E-state index is 0. The zero-order chi connectivity index (χ0) is 11.1. The van der Waals surface area contributed by atoms with Gasteiger partial charge in [-0.05, 0) is 15.5 Å². The largest absolute Gasteiger partial charge is 1.00 e. The van der Waals surface area contributed by atoms with Crippen LogP contribution in [-0.4, -0.2) is 15.5 Å². The molecule has 0 aliphatic heterocycles. The molecule has 0 bridgehead atoms. The quantitative estimate of drug-likeness (QED) is 0.483. The Kier molecular flexibility index (Phi) is 10.7. The summed E-state index contributed by atoms with van der Waals surface area (Å²) < 4.78 is 0. The predicted molar refractivity (Wildman–Crippen MR) is 66.2 cm³/mol. The van der Waals surface area contributed by atoms with Crippen LogP contribution in [-0.2, 0) is 0 Å². The third-order valence-corrected chi connectivity index (χ3v) is 6.04. The van der Waals surface area contributed by atoms with Gasteiger partial charge in [-0.1, -0.05) is 70.2 Å². The number of halogens is 1. The van der Waals surface area contributed by atoms with Crippen molar-refractivity contribution in [3.05, 3.63) is 0 Å². The van der Waals surface area contributed by atoms with E-state index in [0.29, 0.717) is 15.5 Å². The van der Waals surface area contributed by atoms with Crippen LogP contribution in [0.5, 0.6) is 0 Å². The van der Waals surface area contributed by atoms with Gasteiger partial charge in [-0.2, -0.15) is 0 Å². The Morgan fingerprint density at radius 2 is 0.667 bits per heavy atom. The molecule has 0 spiro atoms. The van der Waals surface area contributed by atoms with E-state index in [1.165, 1.54) is 0 Å². The van der Waals surface area contributed by atoms with E-state index in [4.69, 9.17) is 0 Å². The topological polar surface area (TPSA) is 0 Å². The summed E-state index contributed by atoms with van der Waals surface area (Å²) in [6.45, 7) is 21.5. The second-order valence-electron chi connectivity index (χ2n) is 6.85. The number of rotatable bonds is 0. The van der Waals surface area contributed by atoms with Crippen LogP contribution in [0.15, 0.2) is 0 Å². The first kappa shape index (κ1) is 22.6. The molecule has 0 fully saturated rings. The zero-order valence-corrected chi connectivity index (χ0v) is 19.5. The van der Waals surface area contributed by atoms with Crippen LogP contribution in [0, 0.1) is 0 Å². The number of hydrogen-bond acceptors (Lipinski definition) is 0. The van der Waals surface area contributed by atoms with E-state index in [9.17, 15) is 0 Å². The van der Waals surface area contributed by atoms with Crippen molar-refractivity contribution in [2.24, 2.45) is 0 Å². The summed E-state index contributed by atoms with van der Waals surface area (Å²) in [4.78, 5) is 0. The minimum Gasteiger partial charge on any atom is -1.00 e. The first-order valence-electron chi connectivity index (χ1n) is 5.17. The summed E-state index contributed by atoms with van der Waals surface area (Å²) in [5, 5.41) is 1.35. The molecule has 0 aromatic carbocycles. The molecule has 0 saturated carbocycles. The fraction of sp³-hybridized carbons (Fsp3) is 1.00. The van der Waals surface area contributed by atoms with Gasteiger partial charge in [0.2, 0.25) is 0 Å². The van der Waals surface area contributed by atoms with Crippen molar-refractivity contribution in [2.45, 2.75) is 77.8 Å². The minimum atomic E-state index is 0. The van der Waals surface area contributed by atoms with E-state index in [0.717, 1.165) is 0 Å². The van der Waals surface area contributed by atoms with Crippen LogP contribution >= 0.6 is 7.92 Å². The SMILES string of the molecule is CC(C)(C)P(C(C)(C)C)C(C)(C)C.[Cs+].[F-]. The van der Waals surface area contributed by atoms with E-state index in [2.05, 4.69) is 62.3 Å². The Morgan fingerprint density at radius 3 is 0.667 bits per heavy atom. The van der Waals surface area contributed by atoms with Crippen molar-refractivity contribution in [1.29, 1.82) is 0 Å². The van der Waals surface area contributed by atoms with E-state index >= 15 is 0 Å². The molecular weight excluding hydrogens is 327 g/mol. The Bertz CT molecular complexity index is 138. The second kappa shape index (κ2) is 7.11. The summed E-state index contributed by atoms with van der Waals surface area (Å²) in [6.07, 6.45) is 0. The Labute approximate surface area is 156 Å². The van der Waals surface area contributed by atoms with Gasteiger partial charge in [0, 0.05) is 0 Å². The van der Waals surface area contributed by atoms with Gasteiger partial charge in [-0.3, -0.25) is 0 Å². The molecule has 0 radical (unpaired) electrons. The average Bonchev–Trinajstić information content (AvgIpc) is 1.44. The van der Waals surface area contributed by atoms with E-state index < -0.39 is 0 Å². The van der Waals surface area contributed by atoms with E-state index in [1.807, 2.05) is 0 Å². The molecule has 88 valence electrons. The summed E-state index contributed by atoms with van der Waals surface area (Å²) in [6, 6.07) is 0. The Morgan fingerprint density at radius 1 is 0.533 bits per heavy atom. The fourth-order valence-electron chi connectivity index (χ4n) is 3.02. The molecule has 3 heteroatoms. The zero-order valence-electron chi connectivity index (χ0n) is 12.3. The van der Waals surface area contributed by atoms with Gasteiger partial charge >= 0.3 is 68.9 Å². The third-order valence-electron chi connectivity index (χ3n) is 2.01. The molecule has 0 rings (SSSR count). The maximum absolute atomic E-state index is 2.38. The molecule has 0 unspecified atom stereocenters. The first-order chi connectivity index (χ1) is 5.37. The van der Waals surface area contributed by atoms with Gasteiger partial charge in [0.25, 0.3) is 0 Å². The molecule has 0 N–H and O–H groups in total. The Balaban J connectivity index is -0.000000720. The molecule has 0 aliphatic rings. The van der Waals surface area contributed by atoms with Gasteiger partial charge in [0.15, 0.2) is 0 Å². The molecule has 0 aliphatic carbocycles. The van der Waals surface area contributed by atoms with Crippen molar-refractivity contribution in [3.8, 4) is 0 Å². The normalized spacial score (nSPS) is 13.2. The summed E-state index contributed by atoms with van der Waals surface area (Å²) in [5.74, 6) is 0. The van der Waals surface area contributed by atoms with Crippen molar-refractivity contribution in [2.75, 3.05) is 0 Å². The second-order valence-corrected chi connectivity index (χ2v) is 11.5. The monoisotopic (exact) mass is 354 g/mol. The molecule has 0 amide bonds. The maximum atomic E-state index is 2.38. The van der Waals surface area contributed by atoms with Gasteiger partial charge < -0.3 is 4.70 Å². The van der Waals surface area contributed by atoms with Gasteiger partial charge in [-0.25, -0.2) is 0 Å². The number of hydrogen-bond donors (Lipinski definition) is 0. The van der Waals surface area contributed by atoms with Crippen LogP contribution < -0.4 is 73.6 Å². The summed E-state index contributed by atoms with van der Waals surface area (Å²) in [7, 11) is 0.0162. The molecule has 0 heterocycles. The molecule has 0 atom stereocenters. The summed E-state index contributed by atoms with van der Waals surface area (Å²) in [5.41, 5.74) is 0. The van der Waals surface area contributed by atoms with Crippen LogP contribution in [0.3, 0.4) is 0 Å². The average molecular weight is 354 g/mol. The van der Waals surface area contributed by atoms with E-state index in [1.54, 1.807) is 0 Å². The molecule has 0 saturated heterocycles. The predicted octanol–water partition coefficient (Wildman–Crippen LogP) is -1.13. The van der Waals surface area contributed by atoms with Crippen molar-refractivity contribution in [3.63, 3.8) is 0 Å². The maximum Gasteiger partial charge on any atom is 1.00 e. The molecule has 15 heavy (non-hydrogen) atoms. The fourth-order valence-corrected chi connectivity index (χ4v) is 9.06. The van der Waals surface area contributed by atoms with Crippen LogP contribution in [0.4, 0.5) is 0 Å². The molecule has 0 aromatic rings. The van der Waals surface area contributed by atoms with Crippen molar-refractivity contribution >= 4 is 7.92 Å². The standard InChI is InChI=1S/C12H27P.Cs.FH/c1-10(2,3)13(11(4,5)6)12(7,8)9;;/h1-9H3;;1H/q;+1;/p-1. The van der Waals surface area contributed by atoms with Crippen molar-refractivity contribution in [1.82, 2.24) is 0 Å². The van der Waals surface area contributed by atoms with E-state index in [-0.39, 0.29) is 81.5 Å². The van der Waals surface area contributed by atoms with Crippen LogP contribution in [0.1, 0.15) is 62.3 Å². The molecule has 0 aromatic heterocycles. The molecule has 0 nitrogen and oxygen atoms in total. The first-order valence-corrected chi connectivity index (χ1v) is 6.51. The molecular formula is C12H27CsFP. The Hall–Kier alpha value is 2.41. The van der Waals surface area contributed by atoms with Crippen molar-refractivity contribution < 1.29 is 73.6 Å². The third kappa shape index (κ3) is 8.18. The van der Waals surface area contributed by atoms with Gasteiger partial charge in [0.05, 0.1) is 0 Å². The van der Waals surface area contributed by atoms with Crippen LogP contribution in [0.2, 0.25) is 0 Å².